The van der Waals surface area contributed by atoms with E-state index in [1.54, 1.807) is 6.92 Å². The minimum absolute atomic E-state index is 0.0403. The van der Waals surface area contributed by atoms with E-state index in [2.05, 4.69) is 72.8 Å². The molecule has 0 radical (unpaired) electrons. The first kappa shape index (κ1) is 24.9. The molecular formula is C27H35N3O3. The second kappa shape index (κ2) is 12.5. The van der Waals surface area contributed by atoms with E-state index in [1.165, 1.54) is 32.7 Å². The quantitative estimate of drug-likeness (QED) is 0.160. The second-order valence-corrected chi connectivity index (χ2v) is 8.20. The number of benzene rings is 3. The van der Waals surface area contributed by atoms with Crippen molar-refractivity contribution in [3.05, 3.63) is 71.8 Å². The Morgan fingerprint density at radius 2 is 1.58 bits per heavy atom. The third-order valence-electron chi connectivity index (χ3n) is 5.60. The molecule has 0 aromatic heterocycles. The molecule has 3 rings (SSSR count). The summed E-state index contributed by atoms with van der Waals surface area (Å²) in [6, 6.07) is 16.9. The molecule has 6 heteroatoms. The lowest BCUT2D eigenvalue weighted by Gasteiger charge is -2.25. The fraction of sp³-hybridized carbons (Fsp3) is 0.370. The molecule has 1 amide bonds. The van der Waals surface area contributed by atoms with Crippen molar-refractivity contribution in [2.45, 2.75) is 33.4 Å². The van der Waals surface area contributed by atoms with Crippen LogP contribution in [0.2, 0.25) is 0 Å². The highest BCUT2D eigenvalue weighted by molar-refractivity contribution is 6.05. The molecule has 176 valence electrons. The molecule has 0 saturated carbocycles. The Morgan fingerprint density at radius 1 is 1.00 bits per heavy atom. The van der Waals surface area contributed by atoms with Crippen LogP contribution in [0.1, 0.15) is 31.4 Å². The summed E-state index contributed by atoms with van der Waals surface area (Å²) in [6.45, 7) is 11.3. The highest BCUT2D eigenvalue weighted by atomic mass is 16.5. The zero-order chi connectivity index (χ0) is 23.6. The molecular weight excluding hydrogens is 414 g/mol. The third-order valence-corrected chi connectivity index (χ3v) is 5.60. The Labute approximate surface area is 196 Å². The molecule has 6 nitrogen and oxygen atoms in total. The molecule has 0 aliphatic carbocycles. The van der Waals surface area contributed by atoms with Crippen LogP contribution in [-0.4, -0.2) is 48.9 Å². The normalized spacial score (nSPS) is 11.4. The van der Waals surface area contributed by atoms with Crippen LogP contribution in [0, 0.1) is 0 Å². The number of hydrogen-bond donors (Lipinski definition) is 3. The number of nitrogens with zero attached hydrogens (tertiary/aromatic N) is 1. The zero-order valence-electron chi connectivity index (χ0n) is 19.7. The van der Waals surface area contributed by atoms with Gasteiger partial charge in [0.15, 0.2) is 0 Å². The first-order chi connectivity index (χ1) is 16.1. The van der Waals surface area contributed by atoms with Crippen molar-refractivity contribution in [3.63, 3.8) is 0 Å². The van der Waals surface area contributed by atoms with Gasteiger partial charge in [-0.3, -0.25) is 10.2 Å². The van der Waals surface area contributed by atoms with Gasteiger partial charge in [0.2, 0.25) is 0 Å². The number of ether oxygens (including phenoxy) is 1. The first-order valence-electron chi connectivity index (χ1n) is 11.6. The Morgan fingerprint density at radius 3 is 2.09 bits per heavy atom. The fourth-order valence-corrected chi connectivity index (χ4v) is 4.07. The van der Waals surface area contributed by atoms with Crippen LogP contribution in [0.3, 0.4) is 0 Å². The summed E-state index contributed by atoms with van der Waals surface area (Å²) in [5.74, 6) is -0.152. The standard InChI is InChI=1S/C27H35N3O3/c1-4-14-30(29-27(32)20(2)3)19-26-23-11-7-5-9-21(23)25(18-28-13-16-33-17-15-31)22-10-6-8-12-24(22)26/h5-12,28,31H,2,4,13-19H2,1,3H3,(H,29,32). The largest absolute Gasteiger partial charge is 0.394 e. The van der Waals surface area contributed by atoms with Crippen LogP contribution >= 0.6 is 0 Å². The molecule has 33 heavy (non-hydrogen) atoms. The maximum atomic E-state index is 12.3. The van der Waals surface area contributed by atoms with Crippen LogP contribution in [0.5, 0.6) is 0 Å². The number of hydrazine groups is 1. The van der Waals surface area contributed by atoms with E-state index in [1.807, 2.05) is 5.01 Å². The summed E-state index contributed by atoms with van der Waals surface area (Å²) in [7, 11) is 0. The third kappa shape index (κ3) is 6.39. The summed E-state index contributed by atoms with van der Waals surface area (Å²) >= 11 is 0. The minimum atomic E-state index is -0.152. The lowest BCUT2D eigenvalue weighted by atomic mass is 9.91. The molecule has 0 aliphatic rings. The van der Waals surface area contributed by atoms with Crippen LogP contribution in [0.25, 0.3) is 21.5 Å². The maximum Gasteiger partial charge on any atom is 0.260 e. The lowest BCUT2D eigenvalue weighted by Crippen LogP contribution is -2.42. The van der Waals surface area contributed by atoms with Gasteiger partial charge in [-0.25, -0.2) is 5.01 Å². The topological polar surface area (TPSA) is 73.8 Å². The Bertz CT molecular complexity index is 1040. The van der Waals surface area contributed by atoms with E-state index in [4.69, 9.17) is 9.84 Å². The van der Waals surface area contributed by atoms with Gasteiger partial charge in [0.1, 0.15) is 0 Å². The van der Waals surface area contributed by atoms with Gasteiger partial charge >= 0.3 is 0 Å². The Hall–Kier alpha value is -2.77. The average molecular weight is 450 g/mol. The van der Waals surface area contributed by atoms with Gasteiger partial charge in [-0.05, 0) is 46.0 Å². The first-order valence-corrected chi connectivity index (χ1v) is 11.6. The molecule has 3 aromatic carbocycles. The number of nitrogens with one attached hydrogen (secondary N) is 2. The fourth-order valence-electron chi connectivity index (χ4n) is 4.07. The van der Waals surface area contributed by atoms with E-state index in [0.717, 1.165) is 19.5 Å². The Balaban J connectivity index is 1.98. The Kier molecular flexibility index (Phi) is 9.39. The van der Waals surface area contributed by atoms with Gasteiger partial charge < -0.3 is 15.2 Å². The van der Waals surface area contributed by atoms with E-state index >= 15 is 0 Å². The summed E-state index contributed by atoms with van der Waals surface area (Å²) in [5, 5.41) is 19.1. The summed E-state index contributed by atoms with van der Waals surface area (Å²) < 4.78 is 5.37. The molecule has 0 bridgehead atoms. The van der Waals surface area contributed by atoms with Gasteiger partial charge in [0.25, 0.3) is 5.91 Å². The summed E-state index contributed by atoms with van der Waals surface area (Å²) in [4.78, 5) is 12.3. The smallest absolute Gasteiger partial charge is 0.260 e. The molecule has 3 aromatic rings. The van der Waals surface area contributed by atoms with Gasteiger partial charge in [0.05, 0.1) is 19.8 Å². The van der Waals surface area contributed by atoms with Crippen molar-refractivity contribution in [1.29, 1.82) is 0 Å². The average Bonchev–Trinajstić information content (AvgIpc) is 2.82. The van der Waals surface area contributed by atoms with Gasteiger partial charge in [-0.1, -0.05) is 62.0 Å². The lowest BCUT2D eigenvalue weighted by molar-refractivity contribution is -0.122. The predicted molar refractivity (Wildman–Crippen MR) is 135 cm³/mol. The monoisotopic (exact) mass is 449 g/mol. The van der Waals surface area contributed by atoms with Crippen molar-refractivity contribution < 1.29 is 14.6 Å². The van der Waals surface area contributed by atoms with Crippen LogP contribution < -0.4 is 10.7 Å². The van der Waals surface area contributed by atoms with Crippen molar-refractivity contribution >= 4 is 27.5 Å². The van der Waals surface area contributed by atoms with Crippen LogP contribution in [-0.2, 0) is 22.6 Å². The molecule has 0 aliphatic heterocycles. The number of aliphatic hydroxyl groups is 1. The molecule has 0 spiro atoms. The van der Waals surface area contributed by atoms with Crippen molar-refractivity contribution in [3.8, 4) is 0 Å². The number of fused-ring (bicyclic) bond motifs is 2. The molecule has 0 saturated heterocycles. The van der Waals surface area contributed by atoms with E-state index in [9.17, 15) is 4.79 Å². The number of carbonyl (C=O) groups is 1. The number of hydrogen-bond acceptors (Lipinski definition) is 5. The molecule has 0 heterocycles. The minimum Gasteiger partial charge on any atom is -0.394 e. The zero-order valence-corrected chi connectivity index (χ0v) is 19.7. The molecule has 3 N–H and O–H groups in total. The van der Waals surface area contributed by atoms with Gasteiger partial charge in [0, 0.05) is 31.8 Å². The second-order valence-electron chi connectivity index (χ2n) is 8.20. The van der Waals surface area contributed by atoms with Gasteiger partial charge in [-0.2, -0.15) is 0 Å². The van der Waals surface area contributed by atoms with Crippen LogP contribution in [0.4, 0.5) is 0 Å². The summed E-state index contributed by atoms with van der Waals surface area (Å²) in [5.41, 5.74) is 5.97. The summed E-state index contributed by atoms with van der Waals surface area (Å²) in [6.07, 6.45) is 0.923. The number of aliphatic hydroxyl groups excluding tert-OH is 1. The number of amides is 1. The molecule has 0 unspecified atom stereocenters. The number of rotatable bonds is 13. The van der Waals surface area contributed by atoms with E-state index in [0.29, 0.717) is 31.9 Å². The van der Waals surface area contributed by atoms with E-state index in [-0.39, 0.29) is 12.5 Å². The molecule has 0 atom stereocenters. The van der Waals surface area contributed by atoms with E-state index < -0.39 is 0 Å². The predicted octanol–water partition coefficient (Wildman–Crippen LogP) is 3.91. The van der Waals surface area contributed by atoms with Gasteiger partial charge in [-0.15, -0.1) is 0 Å². The highest BCUT2D eigenvalue weighted by Gasteiger charge is 2.17. The molecule has 0 fully saturated rings. The highest BCUT2D eigenvalue weighted by Crippen LogP contribution is 2.33. The van der Waals surface area contributed by atoms with Crippen molar-refractivity contribution in [2.24, 2.45) is 0 Å². The van der Waals surface area contributed by atoms with Crippen molar-refractivity contribution in [2.75, 3.05) is 32.9 Å². The number of carbonyl (C=O) groups excluding carboxylic acids is 1. The SMILES string of the molecule is C=C(C)C(=O)NN(CCC)Cc1c2ccccc2c(CNCCOCCO)c2ccccc12. The van der Waals surface area contributed by atoms with Crippen LogP contribution in [0.15, 0.2) is 60.7 Å². The maximum absolute atomic E-state index is 12.3. The van der Waals surface area contributed by atoms with Crippen molar-refractivity contribution in [1.82, 2.24) is 15.8 Å².